The molecule has 0 radical (unpaired) electrons. The molecule has 0 aromatic heterocycles. The molecule has 0 aromatic carbocycles. The number of hydrogen-bond donors (Lipinski definition) is 2. The Kier molecular flexibility index (Phi) is 42.7. The van der Waals surface area contributed by atoms with E-state index in [0.29, 0.717) is 0 Å². The average Bonchev–Trinajstić information content (AvgIpc) is 3.06. The van der Waals surface area contributed by atoms with Gasteiger partial charge in [-0.15, -0.1) is 0 Å². The lowest BCUT2D eigenvalue weighted by molar-refractivity contribution is 0.324. The van der Waals surface area contributed by atoms with Crippen LogP contribution in [0, 0.1) is 5.92 Å². The van der Waals surface area contributed by atoms with Crippen molar-refractivity contribution >= 4 is 10.4 Å². The van der Waals surface area contributed by atoms with E-state index in [0.717, 1.165) is 19.6 Å². The number of hydrogen-bond acceptors (Lipinski definition) is 4. The largest absolute Gasteiger partial charge is 0.397 e. The van der Waals surface area contributed by atoms with E-state index in [1.165, 1.54) is 199 Å². The number of allylic oxidation sites excluding steroid dienone is 4. The molecule has 5 nitrogen and oxygen atoms in total. The molecule has 2 N–H and O–H groups in total. The van der Waals surface area contributed by atoms with Gasteiger partial charge in [-0.25, -0.2) is 0 Å². The molecule has 0 saturated heterocycles. The summed E-state index contributed by atoms with van der Waals surface area (Å²) < 4.78 is 29.7. The van der Waals surface area contributed by atoms with Crippen molar-refractivity contribution in [3.05, 3.63) is 24.3 Å². The van der Waals surface area contributed by atoms with Crippen LogP contribution in [-0.2, 0) is 14.6 Å². The minimum atomic E-state index is -4.16. The molecule has 282 valence electrons. The fraction of sp³-hybridized carbons (Fsp3) is 0.902. The molecule has 0 aliphatic heterocycles. The standard InChI is InChI=1S/C40H79N.CH4O4S/c1-4-7-9-11-13-15-17-19-21-23-25-27-29-31-33-35-37-40(39-41-6-3)38-36-34-32-30-28-26-24-22-20-18-16-14-12-10-8-5-2;1-5-6(2,3)4/h19-22,40-41H,4-18,23-39H2,1-3H3;1H3,(H,2,3,4)/b21-19-,22-20-;. The van der Waals surface area contributed by atoms with Gasteiger partial charge >= 0.3 is 10.4 Å². The zero-order chi connectivity index (χ0) is 34.9. The van der Waals surface area contributed by atoms with Gasteiger partial charge in [-0.1, -0.05) is 173 Å². The van der Waals surface area contributed by atoms with Crippen LogP contribution in [0.3, 0.4) is 0 Å². The van der Waals surface area contributed by atoms with Gasteiger partial charge in [0.2, 0.25) is 0 Å². The van der Waals surface area contributed by atoms with E-state index in [-0.39, 0.29) is 0 Å². The summed E-state index contributed by atoms with van der Waals surface area (Å²) in [6, 6.07) is 0. The normalized spacial score (nSPS) is 12.0. The zero-order valence-corrected chi connectivity index (χ0v) is 32.9. The first-order valence-electron chi connectivity index (χ1n) is 20.4. The van der Waals surface area contributed by atoms with E-state index in [9.17, 15) is 8.42 Å². The molecule has 0 saturated carbocycles. The first kappa shape index (κ1) is 48.4. The molecule has 0 heterocycles. The maximum absolute atomic E-state index is 9.33. The number of rotatable bonds is 36. The second-order valence-electron chi connectivity index (χ2n) is 13.7. The van der Waals surface area contributed by atoms with Crippen molar-refractivity contribution in [1.82, 2.24) is 5.32 Å². The van der Waals surface area contributed by atoms with E-state index in [1.54, 1.807) is 0 Å². The van der Waals surface area contributed by atoms with Gasteiger partial charge in [0, 0.05) is 0 Å². The molecular formula is C41H83NO4S. The van der Waals surface area contributed by atoms with Crippen molar-refractivity contribution in [1.29, 1.82) is 0 Å². The van der Waals surface area contributed by atoms with Crippen molar-refractivity contribution in [3.8, 4) is 0 Å². The van der Waals surface area contributed by atoms with E-state index in [4.69, 9.17) is 4.55 Å². The van der Waals surface area contributed by atoms with E-state index in [2.05, 4.69) is 54.6 Å². The van der Waals surface area contributed by atoms with Gasteiger partial charge < -0.3 is 5.32 Å². The van der Waals surface area contributed by atoms with Crippen LogP contribution < -0.4 is 5.32 Å². The molecule has 0 aromatic rings. The fourth-order valence-electron chi connectivity index (χ4n) is 6.06. The van der Waals surface area contributed by atoms with Crippen LogP contribution in [0.4, 0.5) is 0 Å². The molecule has 0 bridgehead atoms. The van der Waals surface area contributed by atoms with Crippen molar-refractivity contribution in [3.63, 3.8) is 0 Å². The lowest BCUT2D eigenvalue weighted by Crippen LogP contribution is -2.22. The molecule has 0 aliphatic rings. The third-order valence-electron chi connectivity index (χ3n) is 9.14. The van der Waals surface area contributed by atoms with Crippen molar-refractivity contribution in [2.45, 2.75) is 213 Å². The van der Waals surface area contributed by atoms with Crippen LogP contribution in [0.1, 0.15) is 213 Å². The van der Waals surface area contributed by atoms with E-state index < -0.39 is 10.4 Å². The summed E-state index contributed by atoms with van der Waals surface area (Å²) in [7, 11) is -3.29. The van der Waals surface area contributed by atoms with Crippen molar-refractivity contribution in [2.75, 3.05) is 20.2 Å². The fourth-order valence-corrected chi connectivity index (χ4v) is 6.06. The second-order valence-corrected chi connectivity index (χ2v) is 14.9. The SMILES string of the molecule is CCCCCCCC/C=C\CCCCCCCCC(CCCCCCCC/C=C\CCCCCCCC)CNCC.COS(=O)(=O)O. The first-order chi connectivity index (χ1) is 22.9. The number of unbranched alkanes of at least 4 members (excludes halogenated alkanes) is 24. The molecule has 0 spiro atoms. The summed E-state index contributed by atoms with van der Waals surface area (Å²) in [6.07, 6.45) is 52.1. The van der Waals surface area contributed by atoms with Gasteiger partial charge in [0.05, 0.1) is 7.11 Å². The van der Waals surface area contributed by atoms with Gasteiger partial charge in [-0.2, -0.15) is 8.42 Å². The predicted octanol–water partition coefficient (Wildman–Crippen LogP) is 13.5. The smallest absolute Gasteiger partial charge is 0.317 e. The molecule has 6 heteroatoms. The summed E-state index contributed by atoms with van der Waals surface area (Å²) in [5.74, 6) is 0.906. The third kappa shape index (κ3) is 47.5. The van der Waals surface area contributed by atoms with Crippen LogP contribution in [0.25, 0.3) is 0 Å². The summed E-state index contributed by atoms with van der Waals surface area (Å²) in [5.41, 5.74) is 0. The van der Waals surface area contributed by atoms with Crippen LogP contribution in [0.2, 0.25) is 0 Å². The summed E-state index contributed by atoms with van der Waals surface area (Å²) in [4.78, 5) is 0. The van der Waals surface area contributed by atoms with Crippen LogP contribution >= 0.6 is 0 Å². The van der Waals surface area contributed by atoms with Crippen LogP contribution in [0.15, 0.2) is 24.3 Å². The lowest BCUT2D eigenvalue weighted by atomic mass is 9.94. The Balaban J connectivity index is 0. The van der Waals surface area contributed by atoms with Gasteiger partial charge in [0.1, 0.15) is 0 Å². The Morgan fingerprint density at radius 2 is 0.787 bits per heavy atom. The Bertz CT molecular complexity index is 696. The molecular weight excluding hydrogens is 603 g/mol. The monoisotopic (exact) mass is 686 g/mol. The molecule has 0 unspecified atom stereocenters. The van der Waals surface area contributed by atoms with Crippen molar-refractivity contribution in [2.24, 2.45) is 5.92 Å². The molecule has 0 amide bonds. The van der Waals surface area contributed by atoms with E-state index >= 15 is 0 Å². The van der Waals surface area contributed by atoms with Gasteiger partial charge in [-0.3, -0.25) is 8.74 Å². The Labute approximate surface area is 295 Å². The molecule has 0 aliphatic carbocycles. The lowest BCUT2D eigenvalue weighted by Gasteiger charge is -2.17. The molecule has 47 heavy (non-hydrogen) atoms. The zero-order valence-electron chi connectivity index (χ0n) is 32.1. The summed E-state index contributed by atoms with van der Waals surface area (Å²) >= 11 is 0. The van der Waals surface area contributed by atoms with Crippen LogP contribution in [-0.4, -0.2) is 33.2 Å². The highest BCUT2D eigenvalue weighted by atomic mass is 32.3. The maximum Gasteiger partial charge on any atom is 0.397 e. The molecule has 0 fully saturated rings. The summed E-state index contributed by atoms with van der Waals surface area (Å²) in [6.45, 7) is 9.22. The second kappa shape index (κ2) is 41.5. The molecule has 0 atom stereocenters. The minimum Gasteiger partial charge on any atom is -0.317 e. The highest BCUT2D eigenvalue weighted by Crippen LogP contribution is 2.19. The van der Waals surface area contributed by atoms with Gasteiger partial charge in [-0.05, 0) is 83.2 Å². The minimum absolute atomic E-state index is 0.870. The molecule has 0 rings (SSSR count). The van der Waals surface area contributed by atoms with Crippen molar-refractivity contribution < 1.29 is 17.2 Å². The highest BCUT2D eigenvalue weighted by molar-refractivity contribution is 7.80. The Hall–Kier alpha value is -0.690. The Morgan fingerprint density at radius 3 is 1.06 bits per heavy atom. The summed E-state index contributed by atoms with van der Waals surface area (Å²) in [5, 5.41) is 3.64. The number of nitrogens with one attached hydrogen (secondary N) is 1. The van der Waals surface area contributed by atoms with Gasteiger partial charge in [0.25, 0.3) is 0 Å². The average molecular weight is 686 g/mol. The maximum atomic E-state index is 9.33. The Morgan fingerprint density at radius 1 is 0.511 bits per heavy atom. The highest BCUT2D eigenvalue weighted by Gasteiger charge is 2.08. The topological polar surface area (TPSA) is 75.6 Å². The third-order valence-corrected chi connectivity index (χ3v) is 9.56. The predicted molar refractivity (Wildman–Crippen MR) is 209 cm³/mol. The first-order valence-corrected chi connectivity index (χ1v) is 21.8. The van der Waals surface area contributed by atoms with E-state index in [1.807, 2.05) is 0 Å². The van der Waals surface area contributed by atoms with Gasteiger partial charge in [0.15, 0.2) is 0 Å². The van der Waals surface area contributed by atoms with Crippen LogP contribution in [0.5, 0.6) is 0 Å². The quantitative estimate of drug-likeness (QED) is 0.0390.